The van der Waals surface area contributed by atoms with Crippen molar-refractivity contribution < 1.29 is 19.0 Å². The Hall–Kier alpha value is -3.29. The molecule has 1 aromatic heterocycles. The molecule has 3 aromatic rings. The van der Waals surface area contributed by atoms with Crippen LogP contribution in [0.15, 0.2) is 60.8 Å². The molecule has 0 radical (unpaired) electrons. The van der Waals surface area contributed by atoms with Crippen molar-refractivity contribution in [3.63, 3.8) is 0 Å². The van der Waals surface area contributed by atoms with Crippen LogP contribution in [0, 0.1) is 18.7 Å². The lowest BCUT2D eigenvalue weighted by molar-refractivity contribution is 0.0324. The number of rotatable bonds is 7. The number of fused-ring (bicyclic) bond motifs is 1. The number of carbonyl (C=O) groups is 1. The molecule has 0 unspecified atom stereocenters. The minimum Gasteiger partial charge on any atom is -0.472 e. The molecule has 0 spiro atoms. The zero-order chi connectivity index (χ0) is 25.8. The summed E-state index contributed by atoms with van der Waals surface area (Å²) in [5, 5.41) is 9.88. The number of likely N-dealkylation sites (N-methyl/N-ethyl adjacent to an activating group) is 1. The van der Waals surface area contributed by atoms with E-state index in [4.69, 9.17) is 4.74 Å². The van der Waals surface area contributed by atoms with Gasteiger partial charge in [-0.2, -0.15) is 0 Å². The summed E-state index contributed by atoms with van der Waals surface area (Å²) >= 11 is 0. The maximum atomic E-state index is 14.2. The third kappa shape index (κ3) is 5.74. The number of pyridine rings is 1. The molecule has 0 fully saturated rings. The zero-order valence-corrected chi connectivity index (χ0v) is 21.3. The van der Waals surface area contributed by atoms with Crippen LogP contribution in [0.25, 0.3) is 11.1 Å². The first-order valence-electron chi connectivity index (χ1n) is 12.3. The highest BCUT2D eigenvalue weighted by Crippen LogP contribution is 2.30. The molecular formula is C29H34FN3O3. The Morgan fingerprint density at radius 1 is 1.19 bits per heavy atom. The molecule has 0 aliphatic carbocycles. The summed E-state index contributed by atoms with van der Waals surface area (Å²) in [7, 11) is 1.93. The van der Waals surface area contributed by atoms with Gasteiger partial charge in [-0.25, -0.2) is 9.37 Å². The van der Waals surface area contributed by atoms with Crippen molar-refractivity contribution in [2.24, 2.45) is 5.92 Å². The molecular weight excluding hydrogens is 457 g/mol. The standard InChI is InChI=1S/C29H34FN3O3/c1-19-9-11-22(12-10-19)24-13-25-28(31-14-24)36-27(20(2)15-33(29(25)35)21(3)18-34)17-32(4)16-23-7-5-6-8-26(23)30/h5-14,20-21,27,34H,15-18H2,1-4H3/t20-,21+,27+/m0/s1. The van der Waals surface area contributed by atoms with Gasteiger partial charge in [-0.05, 0) is 38.6 Å². The van der Waals surface area contributed by atoms with Crippen molar-refractivity contribution in [2.45, 2.75) is 39.5 Å². The maximum Gasteiger partial charge on any atom is 0.259 e. The second-order valence-corrected chi connectivity index (χ2v) is 9.85. The van der Waals surface area contributed by atoms with E-state index in [1.54, 1.807) is 23.2 Å². The molecule has 3 atom stereocenters. The fourth-order valence-corrected chi connectivity index (χ4v) is 4.51. The molecule has 0 saturated heterocycles. The second-order valence-electron chi connectivity index (χ2n) is 9.85. The number of aliphatic hydroxyl groups is 1. The third-order valence-corrected chi connectivity index (χ3v) is 6.80. The fraction of sp³-hybridized carbons (Fsp3) is 0.379. The minimum absolute atomic E-state index is 0.0438. The second kappa shape index (κ2) is 11.2. The van der Waals surface area contributed by atoms with Crippen molar-refractivity contribution in [1.82, 2.24) is 14.8 Å². The van der Waals surface area contributed by atoms with E-state index in [1.165, 1.54) is 6.07 Å². The molecule has 0 bridgehead atoms. The Morgan fingerprint density at radius 3 is 2.61 bits per heavy atom. The Labute approximate surface area is 212 Å². The highest BCUT2D eigenvalue weighted by atomic mass is 19.1. The largest absolute Gasteiger partial charge is 0.472 e. The topological polar surface area (TPSA) is 65.9 Å². The van der Waals surface area contributed by atoms with Crippen molar-refractivity contribution in [3.05, 3.63) is 83.3 Å². The summed E-state index contributed by atoms with van der Waals surface area (Å²) in [6.45, 7) is 7.12. The van der Waals surface area contributed by atoms with Crippen LogP contribution in [0.4, 0.5) is 4.39 Å². The first-order chi connectivity index (χ1) is 17.3. The Bertz CT molecular complexity index is 1200. The van der Waals surface area contributed by atoms with Gasteiger partial charge >= 0.3 is 0 Å². The summed E-state index contributed by atoms with van der Waals surface area (Å²) in [4.78, 5) is 21.9. The molecule has 2 heterocycles. The van der Waals surface area contributed by atoms with Gasteiger partial charge in [0.2, 0.25) is 5.88 Å². The normalized spacial score (nSPS) is 18.9. The number of carbonyl (C=O) groups excluding carboxylic acids is 1. The van der Waals surface area contributed by atoms with Gasteiger partial charge in [-0.1, -0.05) is 55.0 Å². The maximum absolute atomic E-state index is 14.2. The summed E-state index contributed by atoms with van der Waals surface area (Å²) < 4.78 is 20.6. The molecule has 1 amide bonds. The van der Waals surface area contributed by atoms with E-state index >= 15 is 0 Å². The minimum atomic E-state index is -0.356. The first-order valence-corrected chi connectivity index (χ1v) is 12.3. The molecule has 4 rings (SSSR count). The first kappa shape index (κ1) is 25.8. The number of halogens is 1. The van der Waals surface area contributed by atoms with Gasteiger partial charge in [0, 0.05) is 42.9 Å². The summed E-state index contributed by atoms with van der Waals surface area (Å²) in [5.41, 5.74) is 3.93. The Kier molecular flexibility index (Phi) is 8.01. The molecule has 6 nitrogen and oxygen atoms in total. The molecule has 7 heteroatoms. The number of benzene rings is 2. The van der Waals surface area contributed by atoms with Crippen LogP contribution in [-0.4, -0.2) is 64.7 Å². The van der Waals surface area contributed by atoms with Gasteiger partial charge in [0.15, 0.2) is 0 Å². The predicted octanol–water partition coefficient (Wildman–Crippen LogP) is 4.55. The molecule has 1 aliphatic rings. The predicted molar refractivity (Wildman–Crippen MR) is 138 cm³/mol. The number of aromatic nitrogens is 1. The van der Waals surface area contributed by atoms with E-state index in [9.17, 15) is 14.3 Å². The number of amides is 1. The van der Waals surface area contributed by atoms with Gasteiger partial charge in [0.05, 0.1) is 12.6 Å². The Balaban J connectivity index is 1.65. The average Bonchev–Trinajstić information content (AvgIpc) is 2.87. The quantitative estimate of drug-likeness (QED) is 0.525. The van der Waals surface area contributed by atoms with Gasteiger partial charge < -0.3 is 14.7 Å². The zero-order valence-electron chi connectivity index (χ0n) is 21.3. The van der Waals surface area contributed by atoms with Gasteiger partial charge in [-0.15, -0.1) is 0 Å². The van der Waals surface area contributed by atoms with E-state index in [2.05, 4.69) is 4.98 Å². The number of hydrogen-bond donors (Lipinski definition) is 1. The van der Waals surface area contributed by atoms with Crippen LogP contribution in [0.3, 0.4) is 0 Å². The molecule has 1 aliphatic heterocycles. The number of aliphatic hydroxyl groups excluding tert-OH is 1. The summed E-state index contributed by atoms with van der Waals surface area (Å²) in [6, 6.07) is 16.3. The van der Waals surface area contributed by atoms with Gasteiger partial charge in [0.25, 0.3) is 5.91 Å². The number of aryl methyl sites for hydroxylation is 1. The van der Waals surface area contributed by atoms with Crippen LogP contribution in [0.2, 0.25) is 0 Å². The average molecular weight is 492 g/mol. The lowest BCUT2D eigenvalue weighted by Crippen LogP contribution is -2.49. The highest BCUT2D eigenvalue weighted by molar-refractivity contribution is 5.98. The summed E-state index contributed by atoms with van der Waals surface area (Å²) in [6.07, 6.45) is 1.43. The van der Waals surface area contributed by atoms with Crippen molar-refractivity contribution in [2.75, 3.05) is 26.7 Å². The third-order valence-electron chi connectivity index (χ3n) is 6.80. The lowest BCUT2D eigenvalue weighted by atomic mass is 9.99. The lowest BCUT2D eigenvalue weighted by Gasteiger charge is -2.37. The molecule has 0 saturated carbocycles. The van der Waals surface area contributed by atoms with Crippen LogP contribution >= 0.6 is 0 Å². The van der Waals surface area contributed by atoms with Crippen molar-refractivity contribution >= 4 is 5.91 Å². The van der Waals surface area contributed by atoms with Crippen LogP contribution in [-0.2, 0) is 6.54 Å². The molecule has 2 aromatic carbocycles. The fourth-order valence-electron chi connectivity index (χ4n) is 4.51. The Morgan fingerprint density at radius 2 is 1.92 bits per heavy atom. The number of hydrogen-bond acceptors (Lipinski definition) is 5. The monoisotopic (exact) mass is 491 g/mol. The number of ether oxygens (including phenoxy) is 1. The van der Waals surface area contributed by atoms with E-state index in [-0.39, 0.29) is 42.3 Å². The van der Waals surface area contributed by atoms with E-state index in [1.807, 2.05) is 69.1 Å². The molecule has 190 valence electrons. The SMILES string of the molecule is Cc1ccc(-c2cnc3c(c2)C(=O)N([C@H](C)CO)C[C@H](C)[C@@H](CN(C)Cc2ccccc2F)O3)cc1. The van der Waals surface area contributed by atoms with E-state index in [0.29, 0.717) is 30.8 Å². The van der Waals surface area contributed by atoms with Crippen molar-refractivity contribution in [3.8, 4) is 17.0 Å². The molecule has 36 heavy (non-hydrogen) atoms. The van der Waals surface area contributed by atoms with E-state index < -0.39 is 0 Å². The van der Waals surface area contributed by atoms with Gasteiger partial charge in [0.1, 0.15) is 17.5 Å². The van der Waals surface area contributed by atoms with E-state index in [0.717, 1.165) is 16.7 Å². The molecule has 1 N–H and O–H groups in total. The smallest absolute Gasteiger partial charge is 0.259 e. The van der Waals surface area contributed by atoms with Crippen LogP contribution in [0.5, 0.6) is 5.88 Å². The van der Waals surface area contributed by atoms with Crippen LogP contribution < -0.4 is 4.74 Å². The van der Waals surface area contributed by atoms with Crippen molar-refractivity contribution in [1.29, 1.82) is 0 Å². The highest BCUT2D eigenvalue weighted by Gasteiger charge is 2.34. The summed E-state index contributed by atoms with van der Waals surface area (Å²) in [5.74, 6) is -0.210. The van der Waals surface area contributed by atoms with Gasteiger partial charge in [-0.3, -0.25) is 9.69 Å². The van der Waals surface area contributed by atoms with Crippen LogP contribution in [0.1, 0.15) is 35.3 Å². The number of nitrogens with zero attached hydrogens (tertiary/aromatic N) is 3.